The van der Waals surface area contributed by atoms with Crippen molar-refractivity contribution < 1.29 is 14.3 Å². The molecule has 16 heavy (non-hydrogen) atoms. The second kappa shape index (κ2) is 5.54. The van der Waals surface area contributed by atoms with Crippen LogP contribution in [-0.2, 0) is 4.74 Å². The lowest BCUT2D eigenvalue weighted by atomic mass is 10.1. The molecular formula is C13H18O3. The molecule has 0 spiro atoms. The summed E-state index contributed by atoms with van der Waals surface area (Å²) in [6.07, 6.45) is 0.0379. The van der Waals surface area contributed by atoms with Crippen molar-refractivity contribution in [3.05, 3.63) is 29.3 Å². The van der Waals surface area contributed by atoms with Gasteiger partial charge in [0, 0.05) is 0 Å². The van der Waals surface area contributed by atoms with E-state index in [0.717, 1.165) is 5.56 Å². The van der Waals surface area contributed by atoms with E-state index in [2.05, 4.69) is 0 Å². The molecular weight excluding hydrogens is 204 g/mol. The summed E-state index contributed by atoms with van der Waals surface area (Å²) in [5.74, 6) is 0.251. The molecule has 1 aromatic rings. The van der Waals surface area contributed by atoms with Crippen LogP contribution in [0, 0.1) is 6.92 Å². The lowest BCUT2D eigenvalue weighted by Gasteiger charge is -2.13. The van der Waals surface area contributed by atoms with E-state index in [9.17, 15) is 4.79 Å². The van der Waals surface area contributed by atoms with E-state index in [0.29, 0.717) is 17.9 Å². The Hall–Kier alpha value is -1.51. The van der Waals surface area contributed by atoms with E-state index in [1.807, 2.05) is 32.9 Å². The highest BCUT2D eigenvalue weighted by Crippen LogP contribution is 2.22. The van der Waals surface area contributed by atoms with Crippen molar-refractivity contribution in [3.8, 4) is 5.75 Å². The van der Waals surface area contributed by atoms with Gasteiger partial charge in [-0.3, -0.25) is 0 Å². The lowest BCUT2D eigenvalue weighted by molar-refractivity contribution is 0.0520. The van der Waals surface area contributed by atoms with Gasteiger partial charge in [-0.25, -0.2) is 4.79 Å². The fraction of sp³-hybridized carbons (Fsp3) is 0.462. The van der Waals surface area contributed by atoms with Crippen LogP contribution in [-0.4, -0.2) is 18.7 Å². The van der Waals surface area contributed by atoms with Crippen LogP contribution in [0.5, 0.6) is 5.75 Å². The van der Waals surface area contributed by atoms with Crippen molar-refractivity contribution >= 4 is 5.97 Å². The summed E-state index contributed by atoms with van der Waals surface area (Å²) in [4.78, 5) is 11.7. The molecule has 88 valence electrons. The van der Waals surface area contributed by atoms with E-state index in [4.69, 9.17) is 9.47 Å². The number of hydrogen-bond donors (Lipinski definition) is 0. The minimum absolute atomic E-state index is 0.0379. The first-order valence-corrected chi connectivity index (χ1v) is 5.49. The molecule has 0 fully saturated rings. The van der Waals surface area contributed by atoms with Crippen LogP contribution in [0.4, 0.5) is 0 Å². The quantitative estimate of drug-likeness (QED) is 0.735. The van der Waals surface area contributed by atoms with Crippen LogP contribution >= 0.6 is 0 Å². The van der Waals surface area contributed by atoms with Gasteiger partial charge < -0.3 is 9.47 Å². The number of carbonyl (C=O) groups excluding carboxylic acids is 1. The van der Waals surface area contributed by atoms with Crippen molar-refractivity contribution in [1.82, 2.24) is 0 Å². The molecule has 0 saturated heterocycles. The van der Waals surface area contributed by atoms with Gasteiger partial charge >= 0.3 is 5.97 Å². The van der Waals surface area contributed by atoms with Crippen LogP contribution in [0.15, 0.2) is 18.2 Å². The molecule has 0 aliphatic carbocycles. The Morgan fingerprint density at radius 2 is 2.06 bits per heavy atom. The Labute approximate surface area is 96.4 Å². The molecule has 0 amide bonds. The highest BCUT2D eigenvalue weighted by Gasteiger charge is 2.14. The normalized spacial score (nSPS) is 10.3. The van der Waals surface area contributed by atoms with Crippen LogP contribution < -0.4 is 4.74 Å². The van der Waals surface area contributed by atoms with Gasteiger partial charge in [-0.05, 0) is 39.8 Å². The van der Waals surface area contributed by atoms with Gasteiger partial charge in [-0.1, -0.05) is 11.6 Å². The molecule has 0 aliphatic heterocycles. The monoisotopic (exact) mass is 222 g/mol. The number of hydrogen-bond acceptors (Lipinski definition) is 3. The van der Waals surface area contributed by atoms with E-state index < -0.39 is 0 Å². The first-order chi connectivity index (χ1) is 7.54. The minimum atomic E-state index is -0.332. The van der Waals surface area contributed by atoms with Crippen molar-refractivity contribution in [2.75, 3.05) is 6.61 Å². The maximum atomic E-state index is 11.7. The summed E-state index contributed by atoms with van der Waals surface area (Å²) < 4.78 is 10.6. The van der Waals surface area contributed by atoms with Crippen LogP contribution in [0.25, 0.3) is 0 Å². The largest absolute Gasteiger partial charge is 0.490 e. The van der Waals surface area contributed by atoms with E-state index in [1.54, 1.807) is 13.0 Å². The first kappa shape index (κ1) is 12.6. The molecule has 0 atom stereocenters. The van der Waals surface area contributed by atoms with Crippen molar-refractivity contribution in [3.63, 3.8) is 0 Å². The number of benzene rings is 1. The van der Waals surface area contributed by atoms with Gasteiger partial charge in [0.15, 0.2) is 0 Å². The summed E-state index contributed by atoms with van der Waals surface area (Å²) in [6, 6.07) is 5.51. The Kier molecular flexibility index (Phi) is 4.35. The smallest absolute Gasteiger partial charge is 0.341 e. The minimum Gasteiger partial charge on any atom is -0.490 e. The summed E-state index contributed by atoms with van der Waals surface area (Å²) in [7, 11) is 0. The zero-order valence-corrected chi connectivity index (χ0v) is 10.2. The Morgan fingerprint density at radius 1 is 1.38 bits per heavy atom. The highest BCUT2D eigenvalue weighted by atomic mass is 16.5. The summed E-state index contributed by atoms with van der Waals surface area (Å²) in [5, 5.41) is 0. The van der Waals surface area contributed by atoms with Crippen molar-refractivity contribution in [1.29, 1.82) is 0 Å². The molecule has 0 radical (unpaired) electrons. The molecule has 0 bridgehead atoms. The molecule has 0 aromatic heterocycles. The molecule has 0 saturated carbocycles. The maximum Gasteiger partial charge on any atom is 0.341 e. The van der Waals surface area contributed by atoms with Gasteiger partial charge in [-0.2, -0.15) is 0 Å². The molecule has 0 heterocycles. The fourth-order valence-corrected chi connectivity index (χ4v) is 1.37. The summed E-state index contributed by atoms with van der Waals surface area (Å²) >= 11 is 0. The fourth-order valence-electron chi connectivity index (χ4n) is 1.37. The second-order valence-corrected chi connectivity index (χ2v) is 3.89. The molecule has 0 unspecified atom stereocenters. The standard InChI is InChI=1S/C13H18O3/c1-5-15-13(14)11-8-10(4)6-7-12(11)16-9(2)3/h6-9H,5H2,1-4H3. The predicted octanol–water partition coefficient (Wildman–Crippen LogP) is 2.96. The van der Waals surface area contributed by atoms with E-state index >= 15 is 0 Å². The first-order valence-electron chi connectivity index (χ1n) is 5.49. The number of ether oxygens (including phenoxy) is 2. The third kappa shape index (κ3) is 3.26. The molecule has 3 nitrogen and oxygen atoms in total. The van der Waals surface area contributed by atoms with Crippen LogP contribution in [0.2, 0.25) is 0 Å². The van der Waals surface area contributed by atoms with Crippen LogP contribution in [0.1, 0.15) is 36.7 Å². The zero-order valence-electron chi connectivity index (χ0n) is 10.2. The molecule has 3 heteroatoms. The number of esters is 1. The van der Waals surface area contributed by atoms with Gasteiger partial charge in [0.05, 0.1) is 12.7 Å². The van der Waals surface area contributed by atoms with Crippen molar-refractivity contribution in [2.45, 2.75) is 33.8 Å². The van der Waals surface area contributed by atoms with Crippen molar-refractivity contribution in [2.24, 2.45) is 0 Å². The maximum absolute atomic E-state index is 11.7. The van der Waals surface area contributed by atoms with Gasteiger partial charge in [0.2, 0.25) is 0 Å². The highest BCUT2D eigenvalue weighted by molar-refractivity contribution is 5.92. The number of aryl methyl sites for hydroxylation is 1. The summed E-state index contributed by atoms with van der Waals surface area (Å²) in [6.45, 7) is 7.94. The van der Waals surface area contributed by atoms with Gasteiger partial charge in [0.1, 0.15) is 11.3 Å². The summed E-state index contributed by atoms with van der Waals surface area (Å²) in [5.41, 5.74) is 1.51. The Balaban J connectivity index is 3.02. The SMILES string of the molecule is CCOC(=O)c1cc(C)ccc1OC(C)C. The van der Waals surface area contributed by atoms with E-state index in [1.165, 1.54) is 0 Å². The third-order valence-electron chi connectivity index (χ3n) is 1.99. The molecule has 0 aliphatic rings. The Bertz CT molecular complexity index is 369. The number of rotatable bonds is 4. The molecule has 1 rings (SSSR count). The second-order valence-electron chi connectivity index (χ2n) is 3.89. The van der Waals surface area contributed by atoms with E-state index in [-0.39, 0.29) is 12.1 Å². The molecule has 0 N–H and O–H groups in total. The topological polar surface area (TPSA) is 35.5 Å². The molecule has 1 aromatic carbocycles. The predicted molar refractivity (Wildman–Crippen MR) is 62.9 cm³/mol. The average Bonchev–Trinajstić information content (AvgIpc) is 2.20. The average molecular weight is 222 g/mol. The number of carbonyl (C=O) groups is 1. The van der Waals surface area contributed by atoms with Gasteiger partial charge in [-0.15, -0.1) is 0 Å². The zero-order chi connectivity index (χ0) is 12.1. The van der Waals surface area contributed by atoms with Crippen LogP contribution in [0.3, 0.4) is 0 Å². The van der Waals surface area contributed by atoms with Gasteiger partial charge in [0.25, 0.3) is 0 Å². The Morgan fingerprint density at radius 3 is 2.62 bits per heavy atom. The lowest BCUT2D eigenvalue weighted by Crippen LogP contribution is -2.12. The third-order valence-corrected chi connectivity index (χ3v) is 1.99.